The van der Waals surface area contributed by atoms with Crippen molar-refractivity contribution in [2.75, 3.05) is 51.3 Å². The van der Waals surface area contributed by atoms with Crippen molar-refractivity contribution < 1.29 is 27.4 Å². The number of alkyl halides is 3. The molecule has 1 spiro atoms. The van der Waals surface area contributed by atoms with Gasteiger partial charge >= 0.3 is 6.18 Å². The molecular formula is C32H37F3N6O3. The molecule has 3 aromatic heterocycles. The summed E-state index contributed by atoms with van der Waals surface area (Å²) in [5, 5.41) is 3.33. The molecule has 0 radical (unpaired) electrons. The van der Waals surface area contributed by atoms with Crippen LogP contribution >= 0.6 is 0 Å². The fourth-order valence-electron chi connectivity index (χ4n) is 6.88. The molecule has 0 unspecified atom stereocenters. The maximum absolute atomic E-state index is 14.0. The zero-order valence-electron chi connectivity index (χ0n) is 25.0. The van der Waals surface area contributed by atoms with E-state index in [1.54, 1.807) is 11.1 Å². The van der Waals surface area contributed by atoms with Crippen LogP contribution in [-0.4, -0.2) is 72.2 Å². The molecule has 0 bridgehead atoms. The molecule has 44 heavy (non-hydrogen) atoms. The van der Waals surface area contributed by atoms with Gasteiger partial charge in [-0.05, 0) is 75.5 Å². The molecule has 2 saturated heterocycles. The predicted octanol–water partition coefficient (Wildman–Crippen LogP) is 4.84. The van der Waals surface area contributed by atoms with E-state index in [0.717, 1.165) is 42.8 Å². The minimum atomic E-state index is -4.62. The number of ether oxygens (including phenoxy) is 2. The topological polar surface area (TPSA) is 92.7 Å². The number of pyridine rings is 3. The Balaban J connectivity index is 1.34. The highest BCUT2D eigenvalue weighted by molar-refractivity contribution is 5.79. The Morgan fingerprint density at radius 2 is 1.86 bits per heavy atom. The number of rotatable bonds is 6. The number of hydrogen-bond donors (Lipinski definition) is 1. The van der Waals surface area contributed by atoms with E-state index in [2.05, 4.69) is 21.4 Å². The van der Waals surface area contributed by atoms with Crippen LogP contribution in [0.2, 0.25) is 0 Å². The van der Waals surface area contributed by atoms with Crippen LogP contribution in [0, 0.1) is 5.92 Å². The Labute approximate surface area is 254 Å². The van der Waals surface area contributed by atoms with E-state index < -0.39 is 17.3 Å². The normalized spacial score (nSPS) is 18.7. The van der Waals surface area contributed by atoms with Crippen molar-refractivity contribution in [3.05, 3.63) is 59.5 Å². The van der Waals surface area contributed by atoms with E-state index >= 15 is 0 Å². The molecule has 0 atom stereocenters. The Morgan fingerprint density at radius 1 is 1.09 bits per heavy atom. The van der Waals surface area contributed by atoms with Crippen LogP contribution in [-0.2, 0) is 22.9 Å². The number of methoxy groups -OCH3 is 1. The number of hydrogen-bond acceptors (Lipinski definition) is 8. The lowest BCUT2D eigenvalue weighted by Gasteiger charge is -2.49. The van der Waals surface area contributed by atoms with Crippen molar-refractivity contribution in [2.45, 2.75) is 50.7 Å². The van der Waals surface area contributed by atoms with Gasteiger partial charge in [-0.2, -0.15) is 13.2 Å². The van der Waals surface area contributed by atoms with Gasteiger partial charge in [0.1, 0.15) is 0 Å². The SMILES string of the molecule is CCOc1ncccc1-c1ccc2c(n1)CN(C(=O)C1CCNCC1)CC21CCN(c2ccc(OC)nc2C(F)(F)F)CC1. The summed E-state index contributed by atoms with van der Waals surface area (Å²) in [5.74, 6) is 0.491. The molecule has 2 fully saturated rings. The summed E-state index contributed by atoms with van der Waals surface area (Å²) in [4.78, 5) is 30.8. The molecule has 6 heterocycles. The van der Waals surface area contributed by atoms with Gasteiger partial charge in [0.05, 0.1) is 42.9 Å². The molecule has 0 aromatic carbocycles. The zero-order valence-corrected chi connectivity index (χ0v) is 25.0. The average molecular weight is 611 g/mol. The van der Waals surface area contributed by atoms with E-state index in [0.29, 0.717) is 57.2 Å². The maximum Gasteiger partial charge on any atom is 0.435 e. The van der Waals surface area contributed by atoms with Gasteiger partial charge < -0.3 is 24.6 Å². The summed E-state index contributed by atoms with van der Waals surface area (Å²) < 4.78 is 52.8. The predicted molar refractivity (Wildman–Crippen MR) is 159 cm³/mol. The Morgan fingerprint density at radius 3 is 2.57 bits per heavy atom. The van der Waals surface area contributed by atoms with E-state index in [4.69, 9.17) is 14.5 Å². The summed E-state index contributed by atoms with van der Waals surface area (Å²) >= 11 is 0. The van der Waals surface area contributed by atoms with E-state index in [1.165, 1.54) is 19.2 Å². The molecule has 234 valence electrons. The monoisotopic (exact) mass is 610 g/mol. The number of amides is 1. The van der Waals surface area contributed by atoms with Gasteiger partial charge in [0, 0.05) is 43.2 Å². The van der Waals surface area contributed by atoms with Crippen molar-refractivity contribution in [2.24, 2.45) is 5.92 Å². The molecule has 0 saturated carbocycles. The highest BCUT2D eigenvalue weighted by atomic mass is 19.4. The van der Waals surface area contributed by atoms with Crippen LogP contribution in [0.15, 0.2) is 42.6 Å². The summed E-state index contributed by atoms with van der Waals surface area (Å²) in [6.07, 6.45) is -0.239. The van der Waals surface area contributed by atoms with Crippen LogP contribution in [0.1, 0.15) is 49.6 Å². The second kappa shape index (κ2) is 12.2. The van der Waals surface area contributed by atoms with Gasteiger partial charge in [0.2, 0.25) is 17.7 Å². The summed E-state index contributed by atoms with van der Waals surface area (Å²) in [6.45, 7) is 5.65. The largest absolute Gasteiger partial charge is 0.481 e. The van der Waals surface area contributed by atoms with Crippen LogP contribution in [0.5, 0.6) is 11.8 Å². The molecule has 9 nitrogen and oxygen atoms in total. The molecule has 3 aromatic rings. The highest BCUT2D eigenvalue weighted by Crippen LogP contribution is 2.45. The molecule has 1 amide bonds. The van der Waals surface area contributed by atoms with Crippen molar-refractivity contribution in [3.63, 3.8) is 0 Å². The van der Waals surface area contributed by atoms with Gasteiger partial charge in [-0.15, -0.1) is 0 Å². The molecule has 6 rings (SSSR count). The third kappa shape index (κ3) is 5.79. The van der Waals surface area contributed by atoms with Crippen molar-refractivity contribution >= 4 is 11.6 Å². The van der Waals surface area contributed by atoms with Crippen LogP contribution < -0.4 is 19.7 Å². The first-order valence-electron chi connectivity index (χ1n) is 15.2. The number of halogens is 3. The van der Waals surface area contributed by atoms with E-state index in [9.17, 15) is 18.0 Å². The van der Waals surface area contributed by atoms with Crippen molar-refractivity contribution in [1.29, 1.82) is 0 Å². The van der Waals surface area contributed by atoms with Gasteiger partial charge in [-0.1, -0.05) is 6.07 Å². The van der Waals surface area contributed by atoms with E-state index in [1.807, 2.05) is 30.0 Å². The minimum absolute atomic E-state index is 0.0420. The Kier molecular flexibility index (Phi) is 8.36. The number of nitrogens with one attached hydrogen (secondary N) is 1. The quantitative estimate of drug-likeness (QED) is 0.424. The summed E-state index contributed by atoms with van der Waals surface area (Å²) in [6, 6.07) is 10.7. The second-order valence-electron chi connectivity index (χ2n) is 11.7. The van der Waals surface area contributed by atoms with Crippen molar-refractivity contribution in [1.82, 2.24) is 25.2 Å². The lowest BCUT2D eigenvalue weighted by Crippen LogP contribution is -2.55. The first-order chi connectivity index (χ1) is 21.2. The first-order valence-corrected chi connectivity index (χ1v) is 15.2. The number of piperidine rings is 2. The fourth-order valence-corrected chi connectivity index (χ4v) is 6.88. The average Bonchev–Trinajstić information content (AvgIpc) is 3.04. The highest BCUT2D eigenvalue weighted by Gasteiger charge is 2.46. The number of fused-ring (bicyclic) bond motifs is 2. The Hall–Kier alpha value is -3.93. The summed E-state index contributed by atoms with van der Waals surface area (Å²) in [7, 11) is 1.30. The maximum atomic E-state index is 14.0. The summed E-state index contributed by atoms with van der Waals surface area (Å²) in [5.41, 5.74) is 2.01. The number of nitrogens with zero attached hydrogens (tertiary/aromatic N) is 5. The smallest absolute Gasteiger partial charge is 0.435 e. The molecule has 1 N–H and O–H groups in total. The molecule has 3 aliphatic heterocycles. The van der Waals surface area contributed by atoms with Gasteiger partial charge in [0.25, 0.3) is 0 Å². The third-order valence-corrected chi connectivity index (χ3v) is 9.10. The van der Waals surface area contributed by atoms with Crippen LogP contribution in [0.25, 0.3) is 11.3 Å². The number of anilines is 1. The molecule has 0 aliphatic carbocycles. The van der Waals surface area contributed by atoms with Crippen LogP contribution in [0.4, 0.5) is 18.9 Å². The van der Waals surface area contributed by atoms with Crippen LogP contribution in [0.3, 0.4) is 0 Å². The molecular weight excluding hydrogens is 573 g/mol. The zero-order chi connectivity index (χ0) is 30.9. The molecule has 12 heteroatoms. The Bertz CT molecular complexity index is 1500. The van der Waals surface area contributed by atoms with Crippen molar-refractivity contribution in [3.8, 4) is 23.0 Å². The second-order valence-corrected chi connectivity index (χ2v) is 11.7. The standard InChI is InChI=1S/C32H37F3N6O3/c1-3-44-29-22(5-4-14-37-29)24-7-6-23-25(38-24)19-41(30(42)21-10-15-36-16-11-21)20-31(23)12-17-40(18-13-31)26-8-9-27(43-2)39-28(26)32(33,34)35/h4-9,14,21,36H,3,10-13,15-20H2,1-2H3. The minimum Gasteiger partial charge on any atom is -0.481 e. The number of carbonyl (C=O) groups is 1. The first kappa shape index (κ1) is 30.1. The van der Waals surface area contributed by atoms with E-state index in [-0.39, 0.29) is 23.4 Å². The lowest BCUT2D eigenvalue weighted by molar-refractivity contribution is -0.141. The fraction of sp³-hybridized carbons (Fsp3) is 0.500. The molecule has 3 aliphatic rings. The number of aromatic nitrogens is 3. The van der Waals surface area contributed by atoms with Gasteiger partial charge in [-0.3, -0.25) is 9.78 Å². The third-order valence-electron chi connectivity index (χ3n) is 9.10. The van der Waals surface area contributed by atoms with Gasteiger partial charge in [-0.25, -0.2) is 9.97 Å². The van der Waals surface area contributed by atoms with Gasteiger partial charge in [0.15, 0.2) is 5.69 Å². The number of carbonyl (C=O) groups excluding carboxylic acids is 1. The lowest BCUT2D eigenvalue weighted by atomic mass is 9.69.